The Morgan fingerprint density at radius 1 is 1.04 bits per heavy atom. The van der Waals surface area contributed by atoms with Crippen LogP contribution in [-0.2, 0) is 0 Å². The maximum atomic E-state index is 5.39. The zero-order valence-electron chi connectivity index (χ0n) is 17.0. The molecule has 1 aromatic carbocycles. The van der Waals surface area contributed by atoms with Crippen LogP contribution >= 0.6 is 22.6 Å². The van der Waals surface area contributed by atoms with Gasteiger partial charge in [-0.3, -0.25) is 0 Å². The molecular formula is C19H28IN5O3. The van der Waals surface area contributed by atoms with Crippen molar-refractivity contribution in [1.29, 1.82) is 0 Å². The number of nitrogens with zero attached hydrogens (tertiary/aromatic N) is 3. The fourth-order valence-electron chi connectivity index (χ4n) is 2.71. The van der Waals surface area contributed by atoms with Crippen LogP contribution < -0.4 is 24.8 Å². The van der Waals surface area contributed by atoms with Crippen molar-refractivity contribution in [2.24, 2.45) is 0 Å². The Morgan fingerprint density at radius 3 is 2.21 bits per heavy atom. The topological polar surface area (TPSA) is 80.8 Å². The summed E-state index contributed by atoms with van der Waals surface area (Å²) in [5, 5.41) is 6.59. The summed E-state index contributed by atoms with van der Waals surface area (Å²) >= 11 is 2.23. The fourth-order valence-corrected chi connectivity index (χ4v) is 3.16. The Kier molecular flexibility index (Phi) is 8.84. The number of ether oxygens (including phenoxy) is 3. The molecule has 0 atom stereocenters. The summed E-state index contributed by atoms with van der Waals surface area (Å²) in [5.74, 6) is 2.95. The Labute approximate surface area is 180 Å². The number of nitrogens with one attached hydrogen (secondary N) is 2. The van der Waals surface area contributed by atoms with Crippen LogP contribution in [-0.4, -0.2) is 62.4 Å². The molecule has 0 saturated heterocycles. The quantitative estimate of drug-likeness (QED) is 0.453. The van der Waals surface area contributed by atoms with Crippen molar-refractivity contribution < 1.29 is 14.2 Å². The molecule has 0 fully saturated rings. The fraction of sp³-hybridized carbons (Fsp3) is 0.474. The van der Waals surface area contributed by atoms with Crippen LogP contribution in [0.25, 0.3) is 0 Å². The summed E-state index contributed by atoms with van der Waals surface area (Å²) in [7, 11) is 4.74. The van der Waals surface area contributed by atoms with Gasteiger partial charge in [-0.25, -0.2) is 4.98 Å². The van der Waals surface area contributed by atoms with Gasteiger partial charge in [-0.15, -0.1) is 0 Å². The molecule has 1 heterocycles. The molecule has 0 unspecified atom stereocenters. The molecule has 1 aromatic heterocycles. The number of anilines is 3. The van der Waals surface area contributed by atoms with Crippen LogP contribution in [0.3, 0.4) is 0 Å². The van der Waals surface area contributed by atoms with Gasteiger partial charge in [0.25, 0.3) is 0 Å². The minimum Gasteiger partial charge on any atom is -0.493 e. The molecule has 0 radical (unpaired) electrons. The van der Waals surface area contributed by atoms with Gasteiger partial charge < -0.3 is 29.7 Å². The minimum absolute atomic E-state index is 0.486. The van der Waals surface area contributed by atoms with Crippen LogP contribution in [0.1, 0.15) is 13.8 Å². The molecule has 0 saturated carbocycles. The van der Waals surface area contributed by atoms with Crippen LogP contribution in [0.2, 0.25) is 0 Å². The molecule has 0 aliphatic heterocycles. The van der Waals surface area contributed by atoms with Crippen molar-refractivity contribution in [2.75, 3.05) is 58.1 Å². The molecule has 0 amide bonds. The molecule has 0 bridgehead atoms. The van der Waals surface area contributed by atoms with Gasteiger partial charge in [0.1, 0.15) is 5.82 Å². The summed E-state index contributed by atoms with van der Waals surface area (Å²) < 4.78 is 17.1. The normalized spacial score (nSPS) is 10.7. The Hall–Kier alpha value is -2.01. The van der Waals surface area contributed by atoms with Gasteiger partial charge in [-0.05, 0) is 35.7 Å². The molecular weight excluding hydrogens is 473 g/mol. The van der Waals surface area contributed by atoms with E-state index in [0.29, 0.717) is 23.2 Å². The lowest BCUT2D eigenvalue weighted by Crippen LogP contribution is -2.29. The van der Waals surface area contributed by atoms with E-state index in [4.69, 9.17) is 14.2 Å². The molecule has 0 aliphatic rings. The number of methoxy groups -OCH3 is 3. The van der Waals surface area contributed by atoms with E-state index in [1.54, 1.807) is 27.5 Å². The van der Waals surface area contributed by atoms with Crippen LogP contribution in [0.4, 0.5) is 17.5 Å². The molecule has 2 aromatic rings. The second-order valence-electron chi connectivity index (χ2n) is 5.88. The Balaban J connectivity index is 2.16. The van der Waals surface area contributed by atoms with E-state index in [1.165, 1.54) is 0 Å². The lowest BCUT2D eigenvalue weighted by Gasteiger charge is -2.18. The summed E-state index contributed by atoms with van der Waals surface area (Å²) in [6.45, 7) is 8.18. The van der Waals surface area contributed by atoms with Gasteiger partial charge in [0.05, 0.1) is 24.9 Å². The molecule has 154 valence electrons. The largest absolute Gasteiger partial charge is 0.493 e. The van der Waals surface area contributed by atoms with Crippen molar-refractivity contribution in [3.05, 3.63) is 21.9 Å². The number of aromatic nitrogens is 2. The lowest BCUT2D eigenvalue weighted by molar-refractivity contribution is 0.316. The first kappa shape index (κ1) is 22.3. The average molecular weight is 501 g/mol. The highest BCUT2D eigenvalue weighted by Crippen LogP contribution is 2.40. The molecule has 2 N–H and O–H groups in total. The third kappa shape index (κ3) is 5.74. The van der Waals surface area contributed by atoms with Crippen molar-refractivity contribution in [2.45, 2.75) is 13.8 Å². The second-order valence-corrected chi connectivity index (χ2v) is 7.05. The molecule has 0 spiro atoms. The first-order valence-corrected chi connectivity index (χ1v) is 10.2. The van der Waals surface area contributed by atoms with Gasteiger partial charge in [0, 0.05) is 37.1 Å². The number of benzene rings is 1. The number of likely N-dealkylation sites (N-methyl/N-ethyl adjacent to an activating group) is 1. The number of halogens is 1. The zero-order chi connectivity index (χ0) is 20.5. The highest BCUT2D eigenvalue weighted by Gasteiger charge is 2.14. The summed E-state index contributed by atoms with van der Waals surface area (Å²) in [6, 6.07) is 3.63. The standard InChI is InChI=1S/C19H28IN5O3/c1-6-25(7-2)9-8-21-18-14(20)12-22-19(24-18)23-13-10-15(26-3)17(28-5)16(11-13)27-4/h10-12H,6-9H2,1-5H3,(H2,21,22,23,24). The monoisotopic (exact) mass is 501 g/mol. The predicted octanol–water partition coefficient (Wildman–Crippen LogP) is 3.60. The van der Waals surface area contributed by atoms with E-state index in [9.17, 15) is 0 Å². The number of hydrogen-bond donors (Lipinski definition) is 2. The molecule has 9 heteroatoms. The summed E-state index contributed by atoms with van der Waals surface area (Å²) in [4.78, 5) is 11.3. The van der Waals surface area contributed by atoms with Gasteiger partial charge in [0.15, 0.2) is 11.5 Å². The van der Waals surface area contributed by atoms with E-state index >= 15 is 0 Å². The van der Waals surface area contributed by atoms with E-state index in [-0.39, 0.29) is 0 Å². The van der Waals surface area contributed by atoms with Crippen LogP contribution in [0.15, 0.2) is 18.3 Å². The smallest absolute Gasteiger partial charge is 0.229 e. The van der Waals surface area contributed by atoms with Crippen LogP contribution in [0, 0.1) is 3.57 Å². The first-order valence-electron chi connectivity index (χ1n) is 9.11. The van der Waals surface area contributed by atoms with Gasteiger partial charge in [0.2, 0.25) is 11.7 Å². The Morgan fingerprint density at radius 2 is 1.68 bits per heavy atom. The van der Waals surface area contributed by atoms with Crippen molar-refractivity contribution >= 4 is 40.0 Å². The third-order valence-corrected chi connectivity index (χ3v) is 5.07. The maximum absolute atomic E-state index is 5.39. The SMILES string of the molecule is CCN(CC)CCNc1nc(Nc2cc(OC)c(OC)c(OC)c2)ncc1I. The predicted molar refractivity (Wildman–Crippen MR) is 120 cm³/mol. The van der Waals surface area contributed by atoms with E-state index in [2.05, 4.69) is 61.9 Å². The van der Waals surface area contributed by atoms with Crippen molar-refractivity contribution in [1.82, 2.24) is 14.9 Å². The third-order valence-electron chi connectivity index (χ3n) is 4.28. The van der Waals surface area contributed by atoms with E-state index in [0.717, 1.165) is 41.3 Å². The molecule has 0 aliphatic carbocycles. The van der Waals surface area contributed by atoms with Gasteiger partial charge in [-0.2, -0.15) is 4.98 Å². The van der Waals surface area contributed by atoms with E-state index in [1.807, 2.05) is 12.1 Å². The highest BCUT2D eigenvalue weighted by molar-refractivity contribution is 14.1. The van der Waals surface area contributed by atoms with Crippen molar-refractivity contribution in [3.8, 4) is 17.2 Å². The van der Waals surface area contributed by atoms with Crippen molar-refractivity contribution in [3.63, 3.8) is 0 Å². The van der Waals surface area contributed by atoms with E-state index < -0.39 is 0 Å². The second kappa shape index (κ2) is 11.1. The zero-order valence-corrected chi connectivity index (χ0v) is 19.2. The van der Waals surface area contributed by atoms with Gasteiger partial charge in [-0.1, -0.05) is 13.8 Å². The first-order chi connectivity index (χ1) is 13.6. The van der Waals surface area contributed by atoms with Gasteiger partial charge >= 0.3 is 0 Å². The summed E-state index contributed by atoms with van der Waals surface area (Å²) in [5.41, 5.74) is 0.741. The maximum Gasteiger partial charge on any atom is 0.229 e. The number of hydrogen-bond acceptors (Lipinski definition) is 8. The Bertz CT molecular complexity index is 746. The lowest BCUT2D eigenvalue weighted by atomic mass is 10.2. The summed E-state index contributed by atoms with van der Waals surface area (Å²) in [6.07, 6.45) is 1.79. The minimum atomic E-state index is 0.486. The molecule has 28 heavy (non-hydrogen) atoms. The number of rotatable bonds is 11. The van der Waals surface area contributed by atoms with Crippen LogP contribution in [0.5, 0.6) is 17.2 Å². The highest BCUT2D eigenvalue weighted by atomic mass is 127. The molecule has 2 rings (SSSR count). The molecule has 8 nitrogen and oxygen atoms in total. The average Bonchev–Trinajstić information content (AvgIpc) is 2.72.